The zero-order valence-electron chi connectivity index (χ0n) is 17.0. The fourth-order valence-electron chi connectivity index (χ4n) is 3.01. The molecule has 10 heteroatoms. The van der Waals surface area contributed by atoms with E-state index in [-0.39, 0.29) is 30.4 Å². The number of carbonyl (C=O) groups excluding carboxylic acids is 2. The van der Waals surface area contributed by atoms with Gasteiger partial charge in [0.1, 0.15) is 23.3 Å². The van der Waals surface area contributed by atoms with Gasteiger partial charge in [-0.15, -0.1) is 0 Å². The quantitative estimate of drug-likeness (QED) is 0.790. The number of amides is 2. The fraction of sp³-hybridized carbons (Fsp3) is 0.400. The van der Waals surface area contributed by atoms with Crippen molar-refractivity contribution in [2.75, 3.05) is 12.0 Å². The first-order valence-corrected chi connectivity index (χ1v) is 9.60. The summed E-state index contributed by atoms with van der Waals surface area (Å²) < 4.78 is 24.6. The minimum Gasteiger partial charge on any atom is -0.467 e. The molecule has 1 atom stereocenters. The minimum absolute atomic E-state index is 0.0664. The first-order chi connectivity index (χ1) is 14.1. The predicted molar refractivity (Wildman–Crippen MR) is 108 cm³/mol. The van der Waals surface area contributed by atoms with Crippen LogP contribution in [0.1, 0.15) is 31.9 Å². The molecule has 0 saturated carbocycles. The molecule has 1 N–H and O–H groups in total. The van der Waals surface area contributed by atoms with Crippen molar-refractivity contribution in [2.45, 2.75) is 45.4 Å². The van der Waals surface area contributed by atoms with Gasteiger partial charge in [-0.05, 0) is 39.0 Å². The Morgan fingerprint density at radius 1 is 1.40 bits per heavy atom. The monoisotopic (exact) mass is 436 g/mol. The highest BCUT2D eigenvalue weighted by atomic mass is 35.5. The zero-order valence-corrected chi connectivity index (χ0v) is 17.8. The van der Waals surface area contributed by atoms with Gasteiger partial charge in [-0.2, -0.15) is 4.98 Å². The number of benzene rings is 1. The number of ether oxygens (including phenoxy) is 2. The molecule has 0 spiro atoms. The number of fused-ring (bicyclic) bond motifs is 1. The van der Waals surface area contributed by atoms with E-state index in [0.29, 0.717) is 10.6 Å². The van der Waals surface area contributed by atoms with E-state index in [1.807, 2.05) is 0 Å². The van der Waals surface area contributed by atoms with E-state index in [1.54, 1.807) is 20.8 Å². The summed E-state index contributed by atoms with van der Waals surface area (Å²) in [6, 6.07) is 3.23. The molecule has 0 bridgehead atoms. The number of anilines is 1. The van der Waals surface area contributed by atoms with Gasteiger partial charge in [0.25, 0.3) is 5.91 Å². The molecule has 8 nitrogen and oxygen atoms in total. The highest BCUT2D eigenvalue weighted by molar-refractivity contribution is 6.30. The molecular weight excluding hydrogens is 415 g/mol. The zero-order chi connectivity index (χ0) is 22.1. The second-order valence-corrected chi connectivity index (χ2v) is 8.21. The molecule has 1 aliphatic rings. The Morgan fingerprint density at radius 3 is 2.80 bits per heavy atom. The standard InChI is InChI=1S/C20H22ClFN4O4/c1-20(2,3)30-19(28)24-15-8-11-9-23-18(29-4)25-16(11)26(17(15)27)10-12-7-13(21)5-6-14(12)22/h5-7,9,15H,8,10H2,1-4H3,(H,24,28). The molecule has 2 aromatic rings. The number of methoxy groups -OCH3 is 1. The van der Waals surface area contributed by atoms with E-state index in [2.05, 4.69) is 15.3 Å². The lowest BCUT2D eigenvalue weighted by Gasteiger charge is -2.33. The number of aromatic nitrogens is 2. The summed E-state index contributed by atoms with van der Waals surface area (Å²) in [6.45, 7) is 5.03. The van der Waals surface area contributed by atoms with Crippen molar-refractivity contribution in [3.63, 3.8) is 0 Å². The topological polar surface area (TPSA) is 93.7 Å². The molecular formula is C20H22ClFN4O4. The van der Waals surface area contributed by atoms with E-state index < -0.39 is 29.5 Å². The molecule has 2 heterocycles. The number of nitrogens with one attached hydrogen (secondary N) is 1. The molecule has 1 aliphatic heterocycles. The van der Waals surface area contributed by atoms with Crippen LogP contribution in [-0.4, -0.2) is 40.7 Å². The highest BCUT2D eigenvalue weighted by Crippen LogP contribution is 2.30. The number of hydrogen-bond acceptors (Lipinski definition) is 6. The van der Waals surface area contributed by atoms with Crippen molar-refractivity contribution < 1.29 is 23.5 Å². The van der Waals surface area contributed by atoms with Crippen molar-refractivity contribution >= 4 is 29.4 Å². The Bertz CT molecular complexity index is 980. The average Bonchev–Trinajstić information content (AvgIpc) is 2.66. The molecule has 0 fully saturated rings. The van der Waals surface area contributed by atoms with Crippen molar-refractivity contribution in [2.24, 2.45) is 0 Å². The molecule has 3 rings (SSSR count). The first kappa shape index (κ1) is 21.8. The van der Waals surface area contributed by atoms with Gasteiger partial charge in [0.2, 0.25) is 0 Å². The third-order valence-electron chi connectivity index (χ3n) is 4.27. The fourth-order valence-corrected chi connectivity index (χ4v) is 3.20. The maximum absolute atomic E-state index is 14.3. The lowest BCUT2D eigenvalue weighted by atomic mass is 10.0. The Morgan fingerprint density at radius 2 is 2.13 bits per heavy atom. The van der Waals surface area contributed by atoms with Crippen LogP contribution >= 0.6 is 11.6 Å². The third-order valence-corrected chi connectivity index (χ3v) is 4.51. The van der Waals surface area contributed by atoms with E-state index in [9.17, 15) is 14.0 Å². The maximum atomic E-state index is 14.3. The molecule has 0 radical (unpaired) electrons. The number of alkyl carbamates (subject to hydrolysis) is 1. The van der Waals surface area contributed by atoms with Crippen LogP contribution in [0.15, 0.2) is 24.4 Å². The Labute approximate surface area is 178 Å². The number of rotatable bonds is 4. The molecule has 160 valence electrons. The van der Waals surface area contributed by atoms with Crippen molar-refractivity contribution in [3.8, 4) is 6.01 Å². The molecule has 0 saturated heterocycles. The number of nitrogens with zero attached hydrogens (tertiary/aromatic N) is 3. The van der Waals surface area contributed by atoms with Crippen LogP contribution < -0.4 is 15.0 Å². The van der Waals surface area contributed by atoms with Gasteiger partial charge in [-0.3, -0.25) is 9.69 Å². The second-order valence-electron chi connectivity index (χ2n) is 7.77. The van der Waals surface area contributed by atoms with Crippen molar-refractivity contribution in [1.82, 2.24) is 15.3 Å². The lowest BCUT2D eigenvalue weighted by Crippen LogP contribution is -2.53. The highest BCUT2D eigenvalue weighted by Gasteiger charge is 2.36. The van der Waals surface area contributed by atoms with Crippen molar-refractivity contribution in [3.05, 3.63) is 46.4 Å². The van der Waals surface area contributed by atoms with Gasteiger partial charge in [0, 0.05) is 28.8 Å². The summed E-state index contributed by atoms with van der Waals surface area (Å²) in [5, 5.41) is 2.91. The van der Waals surface area contributed by atoms with Crippen LogP contribution in [0.3, 0.4) is 0 Å². The van der Waals surface area contributed by atoms with Crippen LogP contribution in [-0.2, 0) is 22.5 Å². The van der Waals surface area contributed by atoms with Crippen LogP contribution in [0.25, 0.3) is 0 Å². The lowest BCUT2D eigenvalue weighted by molar-refractivity contribution is -0.121. The Kier molecular flexibility index (Phi) is 6.12. The Hall–Kier alpha value is -2.94. The van der Waals surface area contributed by atoms with E-state index in [4.69, 9.17) is 21.1 Å². The molecule has 0 aliphatic carbocycles. The SMILES string of the molecule is COc1ncc2c(n1)N(Cc1cc(Cl)ccc1F)C(=O)C(NC(=O)OC(C)(C)C)C2. The molecule has 1 unspecified atom stereocenters. The maximum Gasteiger partial charge on any atom is 0.408 e. The molecule has 30 heavy (non-hydrogen) atoms. The first-order valence-electron chi connectivity index (χ1n) is 9.22. The largest absolute Gasteiger partial charge is 0.467 e. The van der Waals surface area contributed by atoms with Gasteiger partial charge in [-0.25, -0.2) is 14.2 Å². The van der Waals surface area contributed by atoms with Crippen LogP contribution in [0.5, 0.6) is 6.01 Å². The van der Waals surface area contributed by atoms with Gasteiger partial charge >= 0.3 is 12.1 Å². The van der Waals surface area contributed by atoms with Gasteiger partial charge in [0.15, 0.2) is 0 Å². The van der Waals surface area contributed by atoms with Gasteiger partial charge in [0.05, 0.1) is 13.7 Å². The van der Waals surface area contributed by atoms with Crippen LogP contribution in [0, 0.1) is 5.82 Å². The number of halogens is 2. The van der Waals surface area contributed by atoms with E-state index in [0.717, 1.165) is 0 Å². The van der Waals surface area contributed by atoms with Gasteiger partial charge in [-0.1, -0.05) is 11.6 Å². The number of carbonyl (C=O) groups is 2. The second kappa shape index (κ2) is 8.43. The molecule has 1 aromatic carbocycles. The van der Waals surface area contributed by atoms with E-state index >= 15 is 0 Å². The molecule has 2 amide bonds. The van der Waals surface area contributed by atoms with Crippen LogP contribution in [0.2, 0.25) is 5.02 Å². The Balaban J connectivity index is 1.95. The average molecular weight is 437 g/mol. The normalized spacial score (nSPS) is 16.1. The number of hydrogen-bond donors (Lipinski definition) is 1. The van der Waals surface area contributed by atoms with Crippen LogP contribution in [0.4, 0.5) is 15.0 Å². The minimum atomic E-state index is -0.924. The summed E-state index contributed by atoms with van der Waals surface area (Å²) >= 11 is 5.99. The predicted octanol–water partition coefficient (Wildman–Crippen LogP) is 3.26. The van der Waals surface area contributed by atoms with E-state index in [1.165, 1.54) is 36.4 Å². The third kappa shape index (κ3) is 4.96. The summed E-state index contributed by atoms with van der Waals surface area (Å²) in [4.78, 5) is 35.0. The molecule has 1 aromatic heterocycles. The summed E-state index contributed by atoms with van der Waals surface area (Å²) in [5.41, 5.74) is 0.0796. The summed E-state index contributed by atoms with van der Waals surface area (Å²) in [5.74, 6) is -0.695. The smallest absolute Gasteiger partial charge is 0.408 e. The summed E-state index contributed by atoms with van der Waals surface area (Å²) in [6.07, 6.45) is 0.942. The van der Waals surface area contributed by atoms with Gasteiger partial charge < -0.3 is 14.8 Å². The van der Waals surface area contributed by atoms with Crippen molar-refractivity contribution in [1.29, 1.82) is 0 Å². The summed E-state index contributed by atoms with van der Waals surface area (Å²) in [7, 11) is 1.40.